The first-order valence-corrected chi connectivity index (χ1v) is 3.30. The zero-order valence-electron chi connectivity index (χ0n) is 5.22. The van der Waals surface area contributed by atoms with Crippen LogP contribution in [0.25, 0.3) is 0 Å². The molecule has 0 aliphatic heterocycles. The highest BCUT2D eigenvalue weighted by Gasteiger charge is 2.09. The van der Waals surface area contributed by atoms with E-state index < -0.39 is 0 Å². The lowest BCUT2D eigenvalue weighted by molar-refractivity contribution is 1.01. The SMILES string of the molecule is [C]1C=CC2=CCCC=C12. The molecule has 0 N–H and O–H groups in total. The van der Waals surface area contributed by atoms with Gasteiger partial charge in [0.25, 0.3) is 0 Å². The van der Waals surface area contributed by atoms with Crippen LogP contribution in [-0.4, -0.2) is 0 Å². The van der Waals surface area contributed by atoms with Crippen molar-refractivity contribution in [2.45, 2.75) is 12.8 Å². The maximum Gasteiger partial charge on any atom is 0.0425 e. The van der Waals surface area contributed by atoms with Crippen molar-refractivity contribution in [3.63, 3.8) is 0 Å². The predicted octanol–water partition coefficient (Wildman–Crippen LogP) is 2.28. The highest BCUT2D eigenvalue weighted by molar-refractivity contribution is 5.54. The Morgan fingerprint density at radius 1 is 1.22 bits per heavy atom. The molecule has 0 nitrogen and oxygen atoms in total. The molecule has 0 aromatic carbocycles. The van der Waals surface area contributed by atoms with Crippen molar-refractivity contribution < 1.29 is 0 Å². The van der Waals surface area contributed by atoms with Gasteiger partial charge < -0.3 is 0 Å². The van der Waals surface area contributed by atoms with E-state index in [4.69, 9.17) is 0 Å². The van der Waals surface area contributed by atoms with E-state index in [9.17, 15) is 0 Å². The normalized spacial score (nSPS) is 23.1. The third kappa shape index (κ3) is 0.748. The van der Waals surface area contributed by atoms with Gasteiger partial charge >= 0.3 is 0 Å². The van der Waals surface area contributed by atoms with E-state index in [2.05, 4.69) is 24.6 Å². The maximum atomic E-state index is 3.17. The van der Waals surface area contributed by atoms with E-state index in [1.807, 2.05) is 6.08 Å². The van der Waals surface area contributed by atoms with Crippen molar-refractivity contribution in [3.05, 3.63) is 41.9 Å². The van der Waals surface area contributed by atoms with Crippen LogP contribution in [0.1, 0.15) is 12.8 Å². The molecule has 0 bridgehead atoms. The van der Waals surface area contributed by atoms with Gasteiger partial charge in [0.05, 0.1) is 0 Å². The Morgan fingerprint density at radius 3 is 3.00 bits per heavy atom. The van der Waals surface area contributed by atoms with Gasteiger partial charge in [0.1, 0.15) is 0 Å². The van der Waals surface area contributed by atoms with Gasteiger partial charge in [-0.1, -0.05) is 24.3 Å². The summed E-state index contributed by atoms with van der Waals surface area (Å²) >= 11 is 0. The molecule has 9 heavy (non-hydrogen) atoms. The molecule has 0 unspecified atom stereocenters. The standard InChI is InChI=1S/C9H8/c1-2-5-9-7-3-6-8(9)4-1/h3-6H,1-2H2. The van der Waals surface area contributed by atoms with Gasteiger partial charge in [-0.3, -0.25) is 0 Å². The summed E-state index contributed by atoms with van der Waals surface area (Å²) in [7, 11) is 0. The van der Waals surface area contributed by atoms with Crippen LogP contribution in [0.4, 0.5) is 0 Å². The summed E-state index contributed by atoms with van der Waals surface area (Å²) in [5.41, 5.74) is 2.66. The quantitative estimate of drug-likeness (QED) is 0.455. The molecule has 0 amide bonds. The second kappa shape index (κ2) is 1.87. The summed E-state index contributed by atoms with van der Waals surface area (Å²) < 4.78 is 0. The van der Waals surface area contributed by atoms with E-state index in [-0.39, 0.29) is 0 Å². The van der Waals surface area contributed by atoms with Crippen molar-refractivity contribution in [3.8, 4) is 0 Å². The molecule has 0 spiro atoms. The lowest BCUT2D eigenvalue weighted by Crippen LogP contribution is -1.86. The highest BCUT2D eigenvalue weighted by Crippen LogP contribution is 2.27. The molecule has 0 saturated carbocycles. The van der Waals surface area contributed by atoms with Crippen LogP contribution in [0.3, 0.4) is 0 Å². The fourth-order valence-electron chi connectivity index (χ4n) is 1.22. The second-order valence-corrected chi connectivity index (χ2v) is 2.33. The van der Waals surface area contributed by atoms with E-state index in [1.54, 1.807) is 0 Å². The third-order valence-electron chi connectivity index (χ3n) is 1.69. The Labute approximate surface area is 55.6 Å². The van der Waals surface area contributed by atoms with E-state index in [0.29, 0.717) is 0 Å². The summed E-state index contributed by atoms with van der Waals surface area (Å²) in [5, 5.41) is 0. The van der Waals surface area contributed by atoms with E-state index in [1.165, 1.54) is 24.0 Å². The molecular formula is C9H8. The molecule has 2 rings (SSSR count). The zero-order chi connectivity index (χ0) is 6.10. The minimum Gasteiger partial charge on any atom is -0.0794 e. The first-order chi connectivity index (χ1) is 4.47. The molecule has 0 heterocycles. The van der Waals surface area contributed by atoms with Crippen molar-refractivity contribution in [1.82, 2.24) is 0 Å². The van der Waals surface area contributed by atoms with Gasteiger partial charge in [0, 0.05) is 6.42 Å². The molecular weight excluding hydrogens is 108 g/mol. The largest absolute Gasteiger partial charge is 0.0794 e. The zero-order valence-corrected chi connectivity index (χ0v) is 5.22. The molecule has 2 radical (unpaired) electrons. The maximum absolute atomic E-state index is 3.17. The number of allylic oxidation sites excluding steroid dienone is 6. The van der Waals surface area contributed by atoms with Gasteiger partial charge in [-0.15, -0.1) is 0 Å². The van der Waals surface area contributed by atoms with Gasteiger partial charge in [-0.2, -0.15) is 0 Å². The second-order valence-electron chi connectivity index (χ2n) is 2.33. The first kappa shape index (κ1) is 5.04. The average molecular weight is 116 g/mol. The monoisotopic (exact) mass is 116 g/mol. The Morgan fingerprint density at radius 2 is 2.11 bits per heavy atom. The van der Waals surface area contributed by atoms with Crippen LogP contribution in [0.5, 0.6) is 0 Å². The fraction of sp³-hybridized carbons (Fsp3) is 0.222. The fourth-order valence-corrected chi connectivity index (χ4v) is 1.22. The number of hydrogen-bond donors (Lipinski definition) is 0. The van der Waals surface area contributed by atoms with Crippen LogP contribution >= 0.6 is 0 Å². The van der Waals surface area contributed by atoms with E-state index in [0.717, 1.165) is 0 Å². The van der Waals surface area contributed by atoms with Crippen molar-refractivity contribution in [1.29, 1.82) is 0 Å². The third-order valence-corrected chi connectivity index (χ3v) is 1.69. The summed E-state index contributed by atoms with van der Waals surface area (Å²) in [4.78, 5) is 0. The molecule has 0 heteroatoms. The molecule has 2 aliphatic carbocycles. The van der Waals surface area contributed by atoms with Crippen LogP contribution in [0.2, 0.25) is 0 Å². The number of fused-ring (bicyclic) bond motifs is 1. The Hall–Kier alpha value is -0.780. The summed E-state index contributed by atoms with van der Waals surface area (Å²) in [6.45, 7) is 0. The minimum atomic E-state index is 1.19. The van der Waals surface area contributed by atoms with Gasteiger partial charge in [0.15, 0.2) is 0 Å². The molecule has 0 fully saturated rings. The minimum absolute atomic E-state index is 1.19. The van der Waals surface area contributed by atoms with Crippen molar-refractivity contribution in [2.75, 3.05) is 0 Å². The molecule has 44 valence electrons. The molecule has 0 saturated heterocycles. The van der Waals surface area contributed by atoms with E-state index >= 15 is 0 Å². The molecule has 0 atom stereocenters. The van der Waals surface area contributed by atoms with Crippen LogP contribution in [0, 0.1) is 6.42 Å². The first-order valence-electron chi connectivity index (χ1n) is 3.30. The smallest absolute Gasteiger partial charge is 0.0425 e. The summed E-state index contributed by atoms with van der Waals surface area (Å²) in [6, 6.07) is 0. The Balaban J connectivity index is 2.38. The van der Waals surface area contributed by atoms with Crippen LogP contribution in [0.15, 0.2) is 35.5 Å². The van der Waals surface area contributed by atoms with Crippen LogP contribution < -0.4 is 0 Å². The van der Waals surface area contributed by atoms with Crippen molar-refractivity contribution >= 4 is 0 Å². The molecule has 0 aromatic heterocycles. The highest BCUT2D eigenvalue weighted by atomic mass is 14.1. The Bertz CT molecular complexity index is 204. The van der Waals surface area contributed by atoms with Crippen molar-refractivity contribution in [2.24, 2.45) is 0 Å². The van der Waals surface area contributed by atoms with Gasteiger partial charge in [0.2, 0.25) is 0 Å². The molecule has 2 aliphatic rings. The topological polar surface area (TPSA) is 0 Å². The number of hydrogen-bond acceptors (Lipinski definition) is 0. The summed E-state index contributed by atoms with van der Waals surface area (Å²) in [5.74, 6) is 0. The average Bonchev–Trinajstić information content (AvgIpc) is 2.33. The van der Waals surface area contributed by atoms with Gasteiger partial charge in [-0.25, -0.2) is 0 Å². The Kier molecular flexibility index (Phi) is 1.05. The van der Waals surface area contributed by atoms with Gasteiger partial charge in [-0.05, 0) is 24.0 Å². The van der Waals surface area contributed by atoms with Crippen LogP contribution in [-0.2, 0) is 0 Å². The predicted molar refractivity (Wildman–Crippen MR) is 37.8 cm³/mol. The molecule has 0 aromatic rings. The number of rotatable bonds is 0. The summed E-state index contributed by atoms with van der Waals surface area (Å²) in [6.07, 6.45) is 14.2. The lowest BCUT2D eigenvalue weighted by atomic mass is 10.0. The lowest BCUT2D eigenvalue weighted by Gasteiger charge is -2.04.